The lowest BCUT2D eigenvalue weighted by molar-refractivity contribution is 0.0949. The van der Waals surface area contributed by atoms with Gasteiger partial charge < -0.3 is 5.32 Å². The lowest BCUT2D eigenvalue weighted by Crippen LogP contribution is -2.34. The van der Waals surface area contributed by atoms with Crippen LogP contribution < -0.4 is 5.32 Å². The summed E-state index contributed by atoms with van der Waals surface area (Å²) >= 11 is 1.99. The first-order chi connectivity index (χ1) is 12.5. The van der Waals surface area contributed by atoms with Crippen LogP contribution in [0.15, 0.2) is 42.5 Å². The summed E-state index contributed by atoms with van der Waals surface area (Å²) in [5.74, 6) is 0.249. The Morgan fingerprint density at radius 1 is 1.27 bits per heavy atom. The summed E-state index contributed by atoms with van der Waals surface area (Å²) in [7, 11) is 0. The van der Waals surface area contributed by atoms with Crippen molar-refractivity contribution in [2.75, 3.05) is 13.1 Å². The molecule has 1 saturated heterocycles. The molecule has 1 atom stereocenters. The van der Waals surface area contributed by atoms with E-state index in [-0.39, 0.29) is 11.7 Å². The Hall–Kier alpha value is -1.47. The normalized spacial score (nSPS) is 17.9. The van der Waals surface area contributed by atoms with Gasteiger partial charge in [-0.15, -0.1) is 0 Å². The number of benzene rings is 2. The van der Waals surface area contributed by atoms with Gasteiger partial charge in [-0.05, 0) is 77.2 Å². The van der Waals surface area contributed by atoms with Crippen molar-refractivity contribution < 1.29 is 9.18 Å². The number of carbonyl (C=O) groups excluding carboxylic acids is 1. The number of hydrogen-bond donors (Lipinski definition) is 1. The van der Waals surface area contributed by atoms with Gasteiger partial charge in [-0.2, -0.15) is 0 Å². The third kappa shape index (κ3) is 5.04. The van der Waals surface area contributed by atoms with Gasteiger partial charge in [0.2, 0.25) is 0 Å². The molecule has 3 rings (SSSR count). The third-order valence-corrected chi connectivity index (χ3v) is 5.76. The van der Waals surface area contributed by atoms with Crippen molar-refractivity contribution in [1.82, 2.24) is 10.2 Å². The molecule has 0 saturated carbocycles. The summed E-state index contributed by atoms with van der Waals surface area (Å²) in [6.45, 7) is 5.98. The number of nitrogens with zero attached hydrogens (tertiary/aromatic N) is 1. The van der Waals surface area contributed by atoms with Crippen molar-refractivity contribution in [2.45, 2.75) is 32.9 Å². The number of nitrogens with one attached hydrogen (secondary N) is 1. The van der Waals surface area contributed by atoms with Gasteiger partial charge in [-0.25, -0.2) is 4.39 Å². The Morgan fingerprint density at radius 2 is 2.04 bits per heavy atom. The van der Waals surface area contributed by atoms with Gasteiger partial charge in [0, 0.05) is 23.2 Å². The van der Waals surface area contributed by atoms with Crippen molar-refractivity contribution in [3.8, 4) is 0 Å². The molecule has 0 radical (unpaired) electrons. The summed E-state index contributed by atoms with van der Waals surface area (Å²) in [6.07, 6.45) is 2.56. The highest BCUT2D eigenvalue weighted by molar-refractivity contribution is 14.1. The van der Waals surface area contributed by atoms with E-state index < -0.39 is 0 Å². The van der Waals surface area contributed by atoms with Crippen LogP contribution in [0, 0.1) is 15.3 Å². The van der Waals surface area contributed by atoms with Crippen LogP contribution in [0.3, 0.4) is 0 Å². The zero-order valence-corrected chi connectivity index (χ0v) is 17.1. The van der Waals surface area contributed by atoms with Gasteiger partial charge in [0.15, 0.2) is 0 Å². The molecule has 0 aliphatic carbocycles. The minimum atomic E-state index is -0.327. The maximum atomic E-state index is 13.2. The lowest BCUT2D eigenvalue weighted by Gasteiger charge is -2.31. The molecule has 0 bridgehead atoms. The molecule has 26 heavy (non-hydrogen) atoms. The molecule has 1 aliphatic heterocycles. The molecule has 0 aromatic heterocycles. The Balaban J connectivity index is 1.65. The van der Waals surface area contributed by atoms with E-state index in [0.717, 1.165) is 31.1 Å². The Morgan fingerprint density at radius 3 is 2.77 bits per heavy atom. The van der Waals surface area contributed by atoms with Gasteiger partial charge in [0.1, 0.15) is 5.82 Å². The summed E-state index contributed by atoms with van der Waals surface area (Å²) in [4.78, 5) is 14.9. The number of amides is 1. The first-order valence-corrected chi connectivity index (χ1v) is 10.1. The second-order valence-electron chi connectivity index (χ2n) is 7.06. The number of hydrogen-bond acceptors (Lipinski definition) is 2. The van der Waals surface area contributed by atoms with E-state index in [1.807, 2.05) is 28.7 Å². The molecule has 1 amide bonds. The van der Waals surface area contributed by atoms with E-state index in [0.29, 0.717) is 15.7 Å². The molecule has 138 valence electrons. The SMILES string of the molecule is CC1CCCN(Cc2ccccc2CNC(=O)c2ccc(F)cc2I)C1. The zero-order valence-electron chi connectivity index (χ0n) is 15.0. The van der Waals surface area contributed by atoms with Crippen LogP contribution in [-0.4, -0.2) is 23.9 Å². The molecule has 1 heterocycles. The molecule has 0 spiro atoms. The van der Waals surface area contributed by atoms with Crippen LogP contribution in [0.4, 0.5) is 4.39 Å². The van der Waals surface area contributed by atoms with Crippen molar-refractivity contribution in [1.29, 1.82) is 0 Å². The molecule has 2 aromatic rings. The lowest BCUT2D eigenvalue weighted by atomic mass is 9.99. The summed E-state index contributed by atoms with van der Waals surface area (Å²) in [6, 6.07) is 12.5. The van der Waals surface area contributed by atoms with Crippen LogP contribution in [0.1, 0.15) is 41.3 Å². The Bertz CT molecular complexity index is 780. The number of rotatable bonds is 5. The summed E-state index contributed by atoms with van der Waals surface area (Å²) < 4.78 is 13.8. The second-order valence-corrected chi connectivity index (χ2v) is 8.22. The molecular weight excluding hydrogens is 442 g/mol. The largest absolute Gasteiger partial charge is 0.348 e. The van der Waals surface area contributed by atoms with E-state index in [1.54, 1.807) is 0 Å². The van der Waals surface area contributed by atoms with Crippen molar-refractivity contribution >= 4 is 28.5 Å². The number of piperidine rings is 1. The minimum absolute atomic E-state index is 0.171. The highest BCUT2D eigenvalue weighted by Gasteiger charge is 2.17. The topological polar surface area (TPSA) is 32.3 Å². The van der Waals surface area contributed by atoms with Gasteiger partial charge in [0.05, 0.1) is 5.56 Å². The predicted octanol–water partition coefficient (Wildman–Crippen LogP) is 4.59. The predicted molar refractivity (Wildman–Crippen MR) is 110 cm³/mol. The summed E-state index contributed by atoms with van der Waals surface area (Å²) in [5, 5.41) is 2.98. The maximum absolute atomic E-state index is 13.2. The smallest absolute Gasteiger partial charge is 0.252 e. The summed E-state index contributed by atoms with van der Waals surface area (Å²) in [5.41, 5.74) is 2.90. The molecule has 2 aromatic carbocycles. The minimum Gasteiger partial charge on any atom is -0.348 e. The number of carbonyl (C=O) groups is 1. The van der Waals surface area contributed by atoms with E-state index >= 15 is 0 Å². The fourth-order valence-corrected chi connectivity index (χ4v) is 4.22. The molecule has 1 unspecified atom stereocenters. The van der Waals surface area contributed by atoms with Crippen LogP contribution in [0.2, 0.25) is 0 Å². The first-order valence-electron chi connectivity index (χ1n) is 9.05. The maximum Gasteiger partial charge on any atom is 0.252 e. The van der Waals surface area contributed by atoms with Gasteiger partial charge in [0.25, 0.3) is 5.91 Å². The van der Waals surface area contributed by atoms with E-state index in [9.17, 15) is 9.18 Å². The van der Waals surface area contributed by atoms with E-state index in [1.165, 1.54) is 36.6 Å². The van der Waals surface area contributed by atoms with Gasteiger partial charge >= 0.3 is 0 Å². The average molecular weight is 466 g/mol. The van der Waals surface area contributed by atoms with Crippen molar-refractivity contribution in [3.63, 3.8) is 0 Å². The molecular formula is C21H24FIN2O. The van der Waals surface area contributed by atoms with Crippen molar-refractivity contribution in [3.05, 3.63) is 68.5 Å². The first kappa shape index (κ1) is 19.3. The fraction of sp³-hybridized carbons (Fsp3) is 0.381. The Labute approximate surface area is 168 Å². The zero-order chi connectivity index (χ0) is 18.5. The van der Waals surface area contributed by atoms with Crippen LogP contribution >= 0.6 is 22.6 Å². The van der Waals surface area contributed by atoms with Crippen molar-refractivity contribution in [2.24, 2.45) is 5.92 Å². The van der Waals surface area contributed by atoms with Crippen LogP contribution in [-0.2, 0) is 13.1 Å². The van der Waals surface area contributed by atoms with Gasteiger partial charge in [-0.1, -0.05) is 31.2 Å². The molecule has 1 N–H and O–H groups in total. The monoisotopic (exact) mass is 466 g/mol. The average Bonchev–Trinajstić information content (AvgIpc) is 2.61. The highest BCUT2D eigenvalue weighted by Crippen LogP contribution is 2.20. The Kier molecular flexibility index (Phi) is 6.64. The second kappa shape index (κ2) is 8.95. The highest BCUT2D eigenvalue weighted by atomic mass is 127. The van der Waals surface area contributed by atoms with Gasteiger partial charge in [-0.3, -0.25) is 9.69 Å². The van der Waals surface area contributed by atoms with Crippen LogP contribution in [0.5, 0.6) is 0 Å². The van der Waals surface area contributed by atoms with Crippen LogP contribution in [0.25, 0.3) is 0 Å². The molecule has 5 heteroatoms. The number of halogens is 2. The third-order valence-electron chi connectivity index (χ3n) is 4.87. The van der Waals surface area contributed by atoms with E-state index in [2.05, 4.69) is 35.3 Å². The van der Waals surface area contributed by atoms with E-state index in [4.69, 9.17) is 0 Å². The number of likely N-dealkylation sites (tertiary alicyclic amines) is 1. The molecule has 1 aliphatic rings. The molecule has 1 fully saturated rings. The standard InChI is InChI=1S/C21H24FIN2O/c1-15-5-4-10-25(13-15)14-17-7-3-2-6-16(17)12-24-21(26)19-9-8-18(22)11-20(19)23/h2-3,6-9,11,15H,4-5,10,12-14H2,1H3,(H,24,26). The fourth-order valence-electron chi connectivity index (χ4n) is 3.50. The quantitative estimate of drug-likeness (QED) is 0.654. The molecule has 3 nitrogen and oxygen atoms in total.